The van der Waals surface area contributed by atoms with Crippen molar-refractivity contribution < 1.29 is 0 Å². The van der Waals surface area contributed by atoms with Crippen molar-refractivity contribution >= 4 is 28.7 Å². The Labute approximate surface area is 86.1 Å². The van der Waals surface area contributed by atoms with Crippen molar-refractivity contribution in [2.75, 3.05) is 7.05 Å². The third-order valence-corrected chi connectivity index (χ3v) is 3.26. The number of hydrogen-bond donors (Lipinski definition) is 0. The Bertz CT molecular complexity index is 331. The van der Waals surface area contributed by atoms with Crippen LogP contribution in [0.2, 0.25) is 0 Å². The van der Waals surface area contributed by atoms with Crippen molar-refractivity contribution in [1.29, 1.82) is 0 Å². The lowest BCUT2D eigenvalue weighted by Crippen LogP contribution is -2.29. The number of hydrogen-bond acceptors (Lipinski definition) is 3. The lowest BCUT2D eigenvalue weighted by atomic mass is 10.3. The van der Waals surface area contributed by atoms with Crippen LogP contribution in [0.25, 0.3) is 0 Å². The maximum Gasteiger partial charge on any atom is 0.217 e. The second-order valence-corrected chi connectivity index (χ2v) is 4.27. The first-order valence-electron chi connectivity index (χ1n) is 3.97. The van der Waals surface area contributed by atoms with E-state index in [2.05, 4.69) is 21.7 Å². The molecule has 1 aliphatic heterocycles. The molecule has 0 radical (unpaired) electrons. The van der Waals surface area contributed by atoms with Gasteiger partial charge in [0.2, 0.25) is 5.11 Å². The summed E-state index contributed by atoms with van der Waals surface area (Å²) in [5.41, 5.74) is 0. The van der Waals surface area contributed by atoms with Crippen LogP contribution in [0.3, 0.4) is 0 Å². The van der Waals surface area contributed by atoms with Gasteiger partial charge >= 0.3 is 0 Å². The molecule has 0 saturated carbocycles. The monoisotopic (exact) mass is 211 g/mol. The fourth-order valence-electron chi connectivity index (χ4n) is 1.18. The van der Waals surface area contributed by atoms with E-state index in [1.165, 1.54) is 4.88 Å². The molecule has 13 heavy (non-hydrogen) atoms. The van der Waals surface area contributed by atoms with Crippen LogP contribution in [-0.4, -0.2) is 23.2 Å². The lowest BCUT2D eigenvalue weighted by Gasteiger charge is -2.16. The number of likely N-dealkylation sites (N-methyl/N-ethyl adjacent to an activating group) is 1. The van der Waals surface area contributed by atoms with E-state index in [1.807, 2.05) is 18.0 Å². The van der Waals surface area contributed by atoms with Crippen molar-refractivity contribution in [2.45, 2.75) is 12.6 Å². The Morgan fingerprint density at radius 3 is 3.08 bits per heavy atom. The molecule has 0 N–H and O–H groups in total. The van der Waals surface area contributed by atoms with Gasteiger partial charge in [0, 0.05) is 18.3 Å². The molecule has 0 aromatic carbocycles. The maximum atomic E-state index is 4.98. The third-order valence-electron chi connectivity index (χ3n) is 1.99. The first kappa shape index (κ1) is 8.77. The summed E-state index contributed by atoms with van der Waals surface area (Å²) in [7, 11) is 1.93. The highest BCUT2D eigenvalue weighted by Gasteiger charge is 2.22. The molecule has 0 bridgehead atoms. The average molecular weight is 211 g/mol. The Balaban J connectivity index is 2.04. The minimum Gasteiger partial charge on any atom is -0.325 e. The van der Waals surface area contributed by atoms with Crippen molar-refractivity contribution in [3.05, 3.63) is 22.4 Å². The summed E-state index contributed by atoms with van der Waals surface area (Å²) in [5, 5.41) is 10.6. The van der Waals surface area contributed by atoms with E-state index in [1.54, 1.807) is 11.3 Å². The number of thiocarbonyl (C=S) groups is 1. The van der Waals surface area contributed by atoms with Crippen LogP contribution in [-0.2, 0) is 6.42 Å². The van der Waals surface area contributed by atoms with Crippen LogP contribution in [0, 0.1) is 0 Å². The molecule has 1 aromatic rings. The molecule has 1 aliphatic rings. The molecule has 0 aliphatic carbocycles. The number of rotatable bonds is 2. The van der Waals surface area contributed by atoms with Gasteiger partial charge in [-0.2, -0.15) is 5.11 Å². The van der Waals surface area contributed by atoms with E-state index < -0.39 is 0 Å². The lowest BCUT2D eigenvalue weighted by molar-refractivity contribution is 0.400. The number of nitrogens with zero attached hydrogens (tertiary/aromatic N) is 3. The molecule has 3 nitrogen and oxygen atoms in total. The molecule has 68 valence electrons. The summed E-state index contributed by atoms with van der Waals surface area (Å²) < 4.78 is 0. The quantitative estimate of drug-likeness (QED) is 0.702. The second-order valence-electron chi connectivity index (χ2n) is 2.87. The van der Waals surface area contributed by atoms with Crippen LogP contribution in [0.4, 0.5) is 0 Å². The Hall–Kier alpha value is -0.810. The highest BCUT2D eigenvalue weighted by molar-refractivity contribution is 7.80. The fraction of sp³-hybridized carbons (Fsp3) is 0.375. The molecule has 1 unspecified atom stereocenters. The average Bonchev–Trinajstić information content (AvgIpc) is 2.71. The minimum atomic E-state index is 0.103. The fourth-order valence-corrected chi connectivity index (χ4v) is 2.08. The Kier molecular flexibility index (Phi) is 2.37. The van der Waals surface area contributed by atoms with Crippen molar-refractivity contribution in [3.63, 3.8) is 0 Å². The standard InChI is InChI=1S/C8H9N3S2/c1-11-7(9-10-8(11)12)5-6-3-2-4-13-6/h2-4,7H,5H2,1H3. The maximum absolute atomic E-state index is 4.98. The van der Waals surface area contributed by atoms with E-state index in [0.29, 0.717) is 5.11 Å². The first-order chi connectivity index (χ1) is 6.27. The summed E-state index contributed by atoms with van der Waals surface area (Å²) in [6.07, 6.45) is 1.00. The predicted molar refractivity (Wildman–Crippen MR) is 57.0 cm³/mol. The minimum absolute atomic E-state index is 0.103. The van der Waals surface area contributed by atoms with Gasteiger partial charge in [-0.1, -0.05) is 6.07 Å². The van der Waals surface area contributed by atoms with Crippen LogP contribution in [0.15, 0.2) is 27.7 Å². The Morgan fingerprint density at radius 1 is 1.69 bits per heavy atom. The normalized spacial score (nSPS) is 21.5. The SMILES string of the molecule is CN1C(=S)N=NC1Cc1cccs1. The van der Waals surface area contributed by atoms with E-state index in [4.69, 9.17) is 12.2 Å². The first-order valence-corrected chi connectivity index (χ1v) is 5.26. The Morgan fingerprint density at radius 2 is 2.54 bits per heavy atom. The molecule has 1 aromatic heterocycles. The topological polar surface area (TPSA) is 28.0 Å². The highest BCUT2D eigenvalue weighted by Crippen LogP contribution is 2.18. The summed E-state index contributed by atoms with van der Waals surface area (Å²) in [6, 6.07) is 4.15. The summed E-state index contributed by atoms with van der Waals surface area (Å²) >= 11 is 6.72. The van der Waals surface area contributed by atoms with E-state index in [0.717, 1.165) is 6.42 Å². The molecule has 2 rings (SSSR count). The molecule has 5 heteroatoms. The van der Waals surface area contributed by atoms with E-state index >= 15 is 0 Å². The molecular weight excluding hydrogens is 202 g/mol. The van der Waals surface area contributed by atoms with Gasteiger partial charge in [-0.05, 0) is 23.7 Å². The van der Waals surface area contributed by atoms with Gasteiger partial charge in [-0.3, -0.25) is 0 Å². The molecule has 1 atom stereocenters. The van der Waals surface area contributed by atoms with Crippen LogP contribution in [0.1, 0.15) is 4.88 Å². The van der Waals surface area contributed by atoms with Gasteiger partial charge in [0.25, 0.3) is 0 Å². The molecule has 0 saturated heterocycles. The van der Waals surface area contributed by atoms with Gasteiger partial charge in [-0.25, -0.2) is 0 Å². The predicted octanol–water partition coefficient (Wildman–Crippen LogP) is 2.30. The smallest absolute Gasteiger partial charge is 0.217 e. The summed E-state index contributed by atoms with van der Waals surface area (Å²) in [4.78, 5) is 3.25. The van der Waals surface area contributed by atoms with Crippen molar-refractivity contribution in [3.8, 4) is 0 Å². The zero-order valence-electron chi connectivity index (χ0n) is 7.17. The zero-order chi connectivity index (χ0) is 9.26. The van der Waals surface area contributed by atoms with Crippen LogP contribution in [0.5, 0.6) is 0 Å². The molecular formula is C8H9N3S2. The van der Waals surface area contributed by atoms with Crippen LogP contribution < -0.4 is 0 Å². The highest BCUT2D eigenvalue weighted by atomic mass is 32.1. The molecule has 0 fully saturated rings. The van der Waals surface area contributed by atoms with Gasteiger partial charge in [0.15, 0.2) is 0 Å². The molecule has 2 heterocycles. The van der Waals surface area contributed by atoms with Gasteiger partial charge in [0.05, 0.1) is 0 Å². The zero-order valence-corrected chi connectivity index (χ0v) is 8.81. The largest absolute Gasteiger partial charge is 0.325 e. The second kappa shape index (κ2) is 3.51. The van der Waals surface area contributed by atoms with Gasteiger partial charge < -0.3 is 4.90 Å². The number of thiophene rings is 1. The van der Waals surface area contributed by atoms with Crippen LogP contribution >= 0.6 is 23.6 Å². The van der Waals surface area contributed by atoms with Gasteiger partial charge in [-0.15, -0.1) is 16.5 Å². The molecule has 0 spiro atoms. The summed E-state index contributed by atoms with van der Waals surface area (Å²) in [5.74, 6) is 0. The van der Waals surface area contributed by atoms with Crippen molar-refractivity contribution in [1.82, 2.24) is 4.90 Å². The third kappa shape index (κ3) is 1.76. The van der Waals surface area contributed by atoms with E-state index in [-0.39, 0.29) is 6.17 Å². The molecule has 0 amide bonds. The van der Waals surface area contributed by atoms with Gasteiger partial charge in [0.1, 0.15) is 6.17 Å². The number of azo groups is 1. The summed E-state index contributed by atoms with van der Waals surface area (Å²) in [6.45, 7) is 0. The van der Waals surface area contributed by atoms with E-state index in [9.17, 15) is 0 Å². The van der Waals surface area contributed by atoms with Crippen molar-refractivity contribution in [2.24, 2.45) is 10.2 Å².